The van der Waals surface area contributed by atoms with Crippen LogP contribution in [-0.2, 0) is 9.53 Å². The summed E-state index contributed by atoms with van der Waals surface area (Å²) in [5, 5.41) is 11.8. The quantitative estimate of drug-likeness (QED) is 0.312. The summed E-state index contributed by atoms with van der Waals surface area (Å²) in [4.78, 5) is 39.7. The highest BCUT2D eigenvalue weighted by Crippen LogP contribution is 2.38. The van der Waals surface area contributed by atoms with Gasteiger partial charge in [-0.3, -0.25) is 14.9 Å². The van der Waals surface area contributed by atoms with Crippen LogP contribution in [0.5, 0.6) is 0 Å². The zero-order valence-electron chi connectivity index (χ0n) is 20.7. The molecule has 3 rings (SSSR count). The van der Waals surface area contributed by atoms with E-state index < -0.39 is 4.92 Å². The molecular formula is C27H32N3O5. The number of ether oxygens (including phenoxy) is 1. The van der Waals surface area contributed by atoms with E-state index >= 15 is 0 Å². The summed E-state index contributed by atoms with van der Waals surface area (Å²) < 4.78 is 5.27. The molecule has 1 aliphatic heterocycles. The highest BCUT2D eigenvalue weighted by molar-refractivity contribution is 5.94. The molecule has 0 atom stereocenters. The standard InChI is InChI=1S/C27H32N3O5/c1-19(2)18-35-27(32)29-16-14-28(15-17-29)25(31)13-12-21-8-7-11-24(30(33)34)26(21)23-10-6-5-9-22(23)20(3)4/h5-10,12-13,19-20H,14-18H2,1-4H3/b13-12+. The first-order valence-electron chi connectivity index (χ1n) is 11.9. The predicted molar refractivity (Wildman–Crippen MR) is 135 cm³/mol. The molecule has 0 spiro atoms. The van der Waals surface area contributed by atoms with Crippen molar-refractivity contribution >= 4 is 23.8 Å². The third-order valence-electron chi connectivity index (χ3n) is 5.84. The van der Waals surface area contributed by atoms with Gasteiger partial charge >= 0.3 is 6.09 Å². The number of carbonyl (C=O) groups excluding carboxylic acids is 2. The van der Waals surface area contributed by atoms with Crippen molar-refractivity contribution < 1.29 is 19.2 Å². The van der Waals surface area contributed by atoms with E-state index in [0.29, 0.717) is 43.9 Å². The summed E-state index contributed by atoms with van der Waals surface area (Å²) in [5.74, 6) is 0.211. The van der Waals surface area contributed by atoms with Crippen LogP contribution in [0, 0.1) is 22.1 Å². The summed E-state index contributed by atoms with van der Waals surface area (Å²) in [6.07, 6.45) is 2.70. The summed E-state index contributed by atoms with van der Waals surface area (Å²) in [6, 6.07) is 13.6. The molecule has 0 saturated carbocycles. The molecule has 1 aliphatic rings. The second-order valence-corrected chi connectivity index (χ2v) is 9.27. The second-order valence-electron chi connectivity index (χ2n) is 9.27. The van der Waals surface area contributed by atoms with Crippen molar-refractivity contribution in [3.05, 3.63) is 69.8 Å². The lowest BCUT2D eigenvalue weighted by Gasteiger charge is -2.33. The Morgan fingerprint density at radius 1 is 1.09 bits per heavy atom. The van der Waals surface area contributed by atoms with Gasteiger partial charge in [-0.25, -0.2) is 4.79 Å². The molecule has 1 fully saturated rings. The molecule has 1 heterocycles. The van der Waals surface area contributed by atoms with Crippen LogP contribution < -0.4 is 0 Å². The van der Waals surface area contributed by atoms with Crippen molar-refractivity contribution in [2.75, 3.05) is 32.8 Å². The van der Waals surface area contributed by atoms with Gasteiger partial charge in [0, 0.05) is 32.3 Å². The van der Waals surface area contributed by atoms with Crippen LogP contribution in [0.3, 0.4) is 0 Å². The van der Waals surface area contributed by atoms with Gasteiger partial charge in [0.05, 0.1) is 23.2 Å². The van der Waals surface area contributed by atoms with E-state index in [1.165, 1.54) is 12.1 Å². The van der Waals surface area contributed by atoms with Gasteiger partial charge in [-0.2, -0.15) is 0 Å². The fourth-order valence-electron chi connectivity index (χ4n) is 4.00. The average molecular weight is 479 g/mol. The smallest absolute Gasteiger partial charge is 0.409 e. The lowest BCUT2D eigenvalue weighted by atomic mass is 9.89. The van der Waals surface area contributed by atoms with Gasteiger partial charge in [-0.1, -0.05) is 58.0 Å². The molecule has 185 valence electrons. The number of carbonyl (C=O) groups is 2. The Morgan fingerprint density at radius 3 is 2.37 bits per heavy atom. The molecule has 0 unspecified atom stereocenters. The van der Waals surface area contributed by atoms with Crippen molar-refractivity contribution in [3.8, 4) is 11.1 Å². The average Bonchev–Trinajstić information content (AvgIpc) is 2.85. The fourth-order valence-corrected chi connectivity index (χ4v) is 4.00. The number of hydrogen-bond donors (Lipinski definition) is 0. The summed E-state index contributed by atoms with van der Waals surface area (Å²) >= 11 is 0. The lowest BCUT2D eigenvalue weighted by molar-refractivity contribution is -0.384. The minimum Gasteiger partial charge on any atom is -0.449 e. The van der Waals surface area contributed by atoms with Crippen molar-refractivity contribution in [1.82, 2.24) is 9.80 Å². The number of hydrogen-bond acceptors (Lipinski definition) is 5. The van der Waals surface area contributed by atoms with Crippen LogP contribution in [-0.4, -0.2) is 59.5 Å². The highest BCUT2D eigenvalue weighted by atomic mass is 16.6. The minimum absolute atomic E-state index is 0.124. The zero-order chi connectivity index (χ0) is 25.5. The van der Waals surface area contributed by atoms with E-state index in [4.69, 9.17) is 4.74 Å². The number of rotatable bonds is 7. The molecular weight excluding hydrogens is 446 g/mol. The number of nitro benzene ring substituents is 1. The van der Waals surface area contributed by atoms with Gasteiger partial charge in [-0.15, -0.1) is 0 Å². The molecule has 0 aromatic heterocycles. The predicted octanol–water partition coefficient (Wildman–Crippen LogP) is 5.14. The van der Waals surface area contributed by atoms with Crippen molar-refractivity contribution in [1.29, 1.82) is 0 Å². The Kier molecular flexibility index (Phi) is 8.63. The van der Waals surface area contributed by atoms with Gasteiger partial charge in [0.1, 0.15) is 0 Å². The third-order valence-corrected chi connectivity index (χ3v) is 5.84. The Bertz CT molecular complexity index is 1100. The van der Waals surface area contributed by atoms with Crippen molar-refractivity contribution in [3.63, 3.8) is 0 Å². The first-order valence-corrected chi connectivity index (χ1v) is 11.9. The van der Waals surface area contributed by atoms with E-state index in [2.05, 4.69) is 6.07 Å². The molecule has 0 N–H and O–H groups in total. The van der Waals surface area contributed by atoms with Crippen LogP contribution in [0.15, 0.2) is 42.5 Å². The van der Waals surface area contributed by atoms with Gasteiger partial charge in [0.25, 0.3) is 5.69 Å². The van der Waals surface area contributed by atoms with Gasteiger partial charge in [0.15, 0.2) is 0 Å². The summed E-state index contributed by atoms with van der Waals surface area (Å²) in [5.41, 5.74) is 2.64. The van der Waals surface area contributed by atoms with Crippen LogP contribution in [0.2, 0.25) is 0 Å². The van der Waals surface area contributed by atoms with Gasteiger partial charge < -0.3 is 14.5 Å². The van der Waals surface area contributed by atoms with E-state index in [0.717, 1.165) is 11.1 Å². The zero-order valence-corrected chi connectivity index (χ0v) is 20.7. The lowest BCUT2D eigenvalue weighted by Crippen LogP contribution is -2.50. The maximum Gasteiger partial charge on any atom is 0.409 e. The molecule has 0 aliphatic carbocycles. The SMILES string of the molecule is CC(C)COC(=O)N1CCN(C(=O)/C=C/c2cc[c]c([N+](=O)[O-])c2-c2ccccc2C(C)C)CC1. The molecule has 2 amide bonds. The van der Waals surface area contributed by atoms with Crippen LogP contribution >= 0.6 is 0 Å². The van der Waals surface area contributed by atoms with E-state index in [1.807, 2.05) is 52.0 Å². The first kappa shape index (κ1) is 25.9. The van der Waals surface area contributed by atoms with Crippen LogP contribution in [0.4, 0.5) is 10.5 Å². The van der Waals surface area contributed by atoms with Gasteiger partial charge in [0.2, 0.25) is 5.91 Å². The highest BCUT2D eigenvalue weighted by Gasteiger charge is 2.25. The van der Waals surface area contributed by atoms with Crippen molar-refractivity contribution in [2.45, 2.75) is 33.6 Å². The molecule has 0 bridgehead atoms. The molecule has 2 aromatic carbocycles. The Hall–Kier alpha value is -3.68. The van der Waals surface area contributed by atoms with Crippen molar-refractivity contribution in [2.24, 2.45) is 5.92 Å². The Balaban J connectivity index is 1.79. The fraction of sp³-hybridized carbons (Fsp3) is 0.407. The Morgan fingerprint density at radius 2 is 1.74 bits per heavy atom. The second kappa shape index (κ2) is 11.6. The van der Waals surface area contributed by atoms with Crippen LogP contribution in [0.25, 0.3) is 17.2 Å². The largest absolute Gasteiger partial charge is 0.449 e. The van der Waals surface area contributed by atoms with Gasteiger partial charge in [-0.05, 0) is 40.7 Å². The molecule has 35 heavy (non-hydrogen) atoms. The maximum atomic E-state index is 12.9. The minimum atomic E-state index is -0.441. The van der Waals surface area contributed by atoms with E-state index in [1.54, 1.807) is 21.9 Å². The van der Waals surface area contributed by atoms with E-state index in [-0.39, 0.29) is 29.5 Å². The number of amides is 2. The number of piperazine rings is 1. The van der Waals surface area contributed by atoms with Crippen LogP contribution in [0.1, 0.15) is 44.7 Å². The molecule has 8 heteroatoms. The molecule has 1 radical (unpaired) electrons. The Labute approximate surface area is 206 Å². The molecule has 8 nitrogen and oxygen atoms in total. The topological polar surface area (TPSA) is 93.0 Å². The maximum absolute atomic E-state index is 12.9. The molecule has 1 saturated heterocycles. The summed E-state index contributed by atoms with van der Waals surface area (Å²) in [7, 11) is 0. The third kappa shape index (κ3) is 6.47. The number of nitrogens with zero attached hydrogens (tertiary/aromatic N) is 3. The monoisotopic (exact) mass is 478 g/mol. The normalized spacial score (nSPS) is 14.1. The first-order chi connectivity index (χ1) is 16.7. The molecule has 2 aromatic rings. The summed E-state index contributed by atoms with van der Waals surface area (Å²) in [6.45, 7) is 9.97. The number of nitro groups is 1. The van der Waals surface area contributed by atoms with E-state index in [9.17, 15) is 19.7 Å². The number of benzene rings is 2.